The zero-order valence-corrected chi connectivity index (χ0v) is 23.2. The lowest BCUT2D eigenvalue weighted by molar-refractivity contribution is 0.668. The summed E-state index contributed by atoms with van der Waals surface area (Å²) >= 11 is 0. The van der Waals surface area contributed by atoms with Gasteiger partial charge in [0.2, 0.25) is 0 Å². The van der Waals surface area contributed by atoms with Crippen molar-refractivity contribution < 1.29 is 8.83 Å². The number of hydrogen-bond donors (Lipinski definition) is 0. The predicted octanol–water partition coefficient (Wildman–Crippen LogP) is 11.8. The largest absolute Gasteiger partial charge is 0.456 e. The van der Waals surface area contributed by atoms with Crippen molar-refractivity contribution in [2.45, 2.75) is 0 Å². The van der Waals surface area contributed by atoms with Crippen LogP contribution in [0.25, 0.3) is 65.8 Å². The number of benzene rings is 7. The van der Waals surface area contributed by atoms with Gasteiger partial charge in [0.1, 0.15) is 16.7 Å². The maximum absolute atomic E-state index is 6.72. The Kier molecular flexibility index (Phi) is 5.20. The minimum atomic E-state index is 0.852. The van der Waals surface area contributed by atoms with E-state index in [-0.39, 0.29) is 0 Å². The quantitative estimate of drug-likeness (QED) is 0.218. The summed E-state index contributed by atoms with van der Waals surface area (Å²) in [6.07, 6.45) is 0. The van der Waals surface area contributed by atoms with Crippen LogP contribution in [0.3, 0.4) is 0 Å². The number of nitrogens with zero attached hydrogens (tertiary/aromatic N) is 1. The molecule has 0 spiro atoms. The first-order valence-electron chi connectivity index (χ1n) is 14.5. The van der Waals surface area contributed by atoms with Gasteiger partial charge in [-0.2, -0.15) is 0 Å². The molecule has 0 unspecified atom stereocenters. The van der Waals surface area contributed by atoms with Crippen molar-refractivity contribution >= 4 is 71.7 Å². The van der Waals surface area contributed by atoms with Gasteiger partial charge in [0.15, 0.2) is 5.58 Å². The minimum absolute atomic E-state index is 0.852. The second-order valence-electron chi connectivity index (χ2n) is 10.9. The molecule has 9 aromatic rings. The topological polar surface area (TPSA) is 29.5 Å². The van der Waals surface area contributed by atoms with E-state index in [9.17, 15) is 0 Å². The van der Waals surface area contributed by atoms with E-state index in [0.29, 0.717) is 0 Å². The molecule has 3 heteroatoms. The number of fused-ring (bicyclic) bond motifs is 7. The van der Waals surface area contributed by atoms with Crippen molar-refractivity contribution in [1.29, 1.82) is 0 Å². The van der Waals surface area contributed by atoms with Gasteiger partial charge in [-0.15, -0.1) is 0 Å². The smallest absolute Gasteiger partial charge is 0.159 e. The van der Waals surface area contributed by atoms with E-state index >= 15 is 0 Å². The summed E-state index contributed by atoms with van der Waals surface area (Å²) in [5.41, 5.74) is 8.87. The summed E-state index contributed by atoms with van der Waals surface area (Å²) in [5, 5.41) is 6.73. The third kappa shape index (κ3) is 3.75. The van der Waals surface area contributed by atoms with Crippen molar-refractivity contribution in [3.05, 3.63) is 152 Å². The number of anilines is 3. The van der Waals surface area contributed by atoms with Crippen LogP contribution in [-0.4, -0.2) is 0 Å². The molecule has 7 aromatic carbocycles. The van der Waals surface area contributed by atoms with Crippen LogP contribution >= 0.6 is 0 Å². The van der Waals surface area contributed by atoms with Gasteiger partial charge in [-0.25, -0.2) is 0 Å². The summed E-state index contributed by atoms with van der Waals surface area (Å²) < 4.78 is 13.0. The van der Waals surface area contributed by atoms with Gasteiger partial charge < -0.3 is 13.7 Å². The summed E-state index contributed by atoms with van der Waals surface area (Å²) in [7, 11) is 0. The van der Waals surface area contributed by atoms with Gasteiger partial charge in [0, 0.05) is 21.8 Å². The molecule has 0 saturated heterocycles. The highest BCUT2D eigenvalue weighted by Gasteiger charge is 2.23. The van der Waals surface area contributed by atoms with Crippen LogP contribution in [0.5, 0.6) is 0 Å². The SMILES string of the molecule is c1ccc(-c2ccc(N(c3cccc4c3oc3cc5ccccc5cc34)c3cccc4oc5ccccc5c34)cc2)cc1. The van der Waals surface area contributed by atoms with Crippen LogP contribution in [0.1, 0.15) is 0 Å². The Morgan fingerprint density at radius 1 is 0.395 bits per heavy atom. The highest BCUT2D eigenvalue weighted by Crippen LogP contribution is 2.46. The Balaban J connectivity index is 1.33. The van der Waals surface area contributed by atoms with Gasteiger partial charge in [0.25, 0.3) is 0 Å². The lowest BCUT2D eigenvalue weighted by Gasteiger charge is -2.26. The molecule has 2 heterocycles. The summed E-state index contributed by atoms with van der Waals surface area (Å²) in [4.78, 5) is 2.31. The second-order valence-corrected chi connectivity index (χ2v) is 10.9. The molecule has 0 bridgehead atoms. The van der Waals surface area contributed by atoms with E-state index in [1.807, 2.05) is 24.3 Å². The van der Waals surface area contributed by atoms with Gasteiger partial charge in [-0.05, 0) is 70.4 Å². The Morgan fingerprint density at radius 2 is 1.05 bits per heavy atom. The molecule has 43 heavy (non-hydrogen) atoms. The average molecular weight is 552 g/mol. The van der Waals surface area contributed by atoms with Crippen LogP contribution in [0.4, 0.5) is 17.1 Å². The zero-order chi connectivity index (χ0) is 28.3. The number of rotatable bonds is 4. The fourth-order valence-corrected chi connectivity index (χ4v) is 6.43. The molecular formula is C40H25NO2. The molecule has 0 saturated carbocycles. The van der Waals surface area contributed by atoms with Crippen molar-refractivity contribution in [2.24, 2.45) is 0 Å². The van der Waals surface area contributed by atoms with Crippen LogP contribution in [0, 0.1) is 0 Å². The van der Waals surface area contributed by atoms with Crippen molar-refractivity contribution in [3.8, 4) is 11.1 Å². The van der Waals surface area contributed by atoms with Crippen molar-refractivity contribution in [2.75, 3.05) is 4.90 Å². The van der Waals surface area contributed by atoms with Crippen LogP contribution in [0.2, 0.25) is 0 Å². The normalized spacial score (nSPS) is 11.7. The third-order valence-electron chi connectivity index (χ3n) is 8.44. The highest BCUT2D eigenvalue weighted by molar-refractivity contribution is 6.17. The van der Waals surface area contributed by atoms with Crippen molar-refractivity contribution in [3.63, 3.8) is 0 Å². The van der Waals surface area contributed by atoms with E-state index in [4.69, 9.17) is 8.83 Å². The molecule has 9 rings (SSSR count). The molecule has 202 valence electrons. The molecular weight excluding hydrogens is 526 g/mol. The molecule has 0 fully saturated rings. The van der Waals surface area contributed by atoms with Gasteiger partial charge in [-0.3, -0.25) is 0 Å². The summed E-state index contributed by atoms with van der Waals surface area (Å²) in [6.45, 7) is 0. The van der Waals surface area contributed by atoms with Crippen LogP contribution < -0.4 is 4.90 Å². The predicted molar refractivity (Wildman–Crippen MR) is 179 cm³/mol. The van der Waals surface area contributed by atoms with E-state index in [1.165, 1.54) is 21.9 Å². The number of para-hydroxylation sites is 2. The number of hydrogen-bond acceptors (Lipinski definition) is 3. The molecule has 0 atom stereocenters. The fraction of sp³-hybridized carbons (Fsp3) is 0. The Labute approximate surface area is 247 Å². The van der Waals surface area contributed by atoms with Gasteiger partial charge in [-0.1, -0.05) is 103 Å². The first-order valence-corrected chi connectivity index (χ1v) is 14.5. The number of furan rings is 2. The van der Waals surface area contributed by atoms with E-state index < -0.39 is 0 Å². The van der Waals surface area contributed by atoms with Crippen LogP contribution in [0.15, 0.2) is 160 Å². The molecule has 3 nitrogen and oxygen atoms in total. The van der Waals surface area contributed by atoms with Crippen molar-refractivity contribution in [1.82, 2.24) is 0 Å². The Hall–Kier alpha value is -5.80. The highest BCUT2D eigenvalue weighted by atomic mass is 16.3. The zero-order valence-electron chi connectivity index (χ0n) is 23.2. The first kappa shape index (κ1) is 23.9. The molecule has 0 aliphatic heterocycles. The van der Waals surface area contributed by atoms with Gasteiger partial charge >= 0.3 is 0 Å². The van der Waals surface area contributed by atoms with Gasteiger partial charge in [0.05, 0.1) is 16.8 Å². The lowest BCUT2D eigenvalue weighted by atomic mass is 10.0. The fourth-order valence-electron chi connectivity index (χ4n) is 6.43. The summed E-state index contributed by atoms with van der Waals surface area (Å²) in [5.74, 6) is 0. The molecule has 0 amide bonds. The first-order chi connectivity index (χ1) is 21.3. The Morgan fingerprint density at radius 3 is 1.91 bits per heavy atom. The maximum Gasteiger partial charge on any atom is 0.159 e. The second kappa shape index (κ2) is 9.37. The van der Waals surface area contributed by atoms with Crippen LogP contribution in [-0.2, 0) is 0 Å². The van der Waals surface area contributed by atoms with E-state index in [0.717, 1.165) is 60.9 Å². The molecule has 0 N–H and O–H groups in total. The Bertz CT molecular complexity index is 2450. The third-order valence-corrected chi connectivity index (χ3v) is 8.44. The maximum atomic E-state index is 6.72. The standard InChI is InChI=1S/C40H25NO2/c1-2-10-26(11-3-1)27-20-22-30(23-21-27)41(34-16-9-19-37-39(34)32-14-6-7-18-36(32)42-37)35-17-8-15-31-33-24-28-12-4-5-13-29(28)25-38(33)43-40(31)35/h1-25H. The monoisotopic (exact) mass is 551 g/mol. The van der Waals surface area contributed by atoms with E-state index in [1.54, 1.807) is 0 Å². The molecule has 0 aliphatic rings. The summed E-state index contributed by atoms with van der Waals surface area (Å²) in [6, 6.07) is 53.0. The average Bonchev–Trinajstić information content (AvgIpc) is 3.63. The molecule has 0 radical (unpaired) electrons. The lowest BCUT2D eigenvalue weighted by Crippen LogP contribution is -2.10. The molecule has 0 aliphatic carbocycles. The molecule has 2 aromatic heterocycles. The minimum Gasteiger partial charge on any atom is -0.456 e. The van der Waals surface area contributed by atoms with E-state index in [2.05, 4.69) is 132 Å².